The molecular formula is C15H24N2O3S. The Balaban J connectivity index is 1.90. The van der Waals surface area contributed by atoms with Crippen LogP contribution in [0, 0.1) is 0 Å². The highest BCUT2D eigenvalue weighted by Gasteiger charge is 2.32. The number of nitrogens with one attached hydrogen (secondary N) is 1. The summed E-state index contributed by atoms with van der Waals surface area (Å²) in [7, 11) is -1.47. The van der Waals surface area contributed by atoms with Crippen LogP contribution in [-0.4, -0.2) is 45.3 Å². The first kappa shape index (κ1) is 16.4. The maximum absolute atomic E-state index is 12.0. The van der Waals surface area contributed by atoms with Gasteiger partial charge < -0.3 is 4.74 Å². The van der Waals surface area contributed by atoms with Gasteiger partial charge in [-0.3, -0.25) is 4.90 Å². The minimum absolute atomic E-state index is 0.287. The smallest absolute Gasteiger partial charge is 0.215 e. The number of nitrogens with zero attached hydrogens (tertiary/aromatic N) is 1. The van der Waals surface area contributed by atoms with Crippen LogP contribution in [0.25, 0.3) is 0 Å². The maximum Gasteiger partial charge on any atom is 0.215 e. The second kappa shape index (κ2) is 7.35. The van der Waals surface area contributed by atoms with Crippen LogP contribution in [0.1, 0.15) is 24.5 Å². The second-order valence-electron chi connectivity index (χ2n) is 5.44. The third-order valence-corrected chi connectivity index (χ3v) is 5.71. The predicted octanol–water partition coefficient (Wildman–Crippen LogP) is 1.35. The van der Waals surface area contributed by atoms with Gasteiger partial charge in [-0.1, -0.05) is 31.2 Å². The lowest BCUT2D eigenvalue weighted by Gasteiger charge is -2.16. The highest BCUT2D eigenvalue weighted by atomic mass is 32.2. The largest absolute Gasteiger partial charge is 0.380 e. The number of hydrogen-bond acceptors (Lipinski definition) is 4. The van der Waals surface area contributed by atoms with Crippen molar-refractivity contribution in [2.45, 2.75) is 31.7 Å². The molecule has 1 aromatic carbocycles. The van der Waals surface area contributed by atoms with E-state index >= 15 is 0 Å². The van der Waals surface area contributed by atoms with E-state index in [4.69, 9.17) is 4.74 Å². The molecule has 0 spiro atoms. The quantitative estimate of drug-likeness (QED) is 0.825. The van der Waals surface area contributed by atoms with Gasteiger partial charge in [-0.25, -0.2) is 13.1 Å². The predicted molar refractivity (Wildman–Crippen MR) is 83.4 cm³/mol. The number of likely N-dealkylation sites (tertiary alicyclic amines) is 1. The van der Waals surface area contributed by atoms with Gasteiger partial charge in [-0.2, -0.15) is 0 Å². The first-order valence-electron chi connectivity index (χ1n) is 7.32. The SMILES string of the molecule is CCNS(=O)(=O)[C@H]1CCN(Cc2ccc(COC)cc2)C1. The summed E-state index contributed by atoms with van der Waals surface area (Å²) in [5.41, 5.74) is 2.35. The lowest BCUT2D eigenvalue weighted by Crippen LogP contribution is -2.36. The topological polar surface area (TPSA) is 58.6 Å². The molecule has 1 fully saturated rings. The van der Waals surface area contributed by atoms with Crippen LogP contribution < -0.4 is 4.72 Å². The number of rotatable bonds is 7. The van der Waals surface area contributed by atoms with Crippen molar-refractivity contribution in [1.29, 1.82) is 0 Å². The van der Waals surface area contributed by atoms with E-state index in [0.717, 1.165) is 18.7 Å². The van der Waals surface area contributed by atoms with Crippen LogP contribution in [-0.2, 0) is 27.9 Å². The van der Waals surface area contributed by atoms with Crippen LogP contribution in [0.2, 0.25) is 0 Å². The maximum atomic E-state index is 12.0. The molecule has 21 heavy (non-hydrogen) atoms. The summed E-state index contributed by atoms with van der Waals surface area (Å²) in [5.74, 6) is 0. The molecule has 6 heteroatoms. The summed E-state index contributed by atoms with van der Waals surface area (Å²) in [6, 6.07) is 8.28. The van der Waals surface area contributed by atoms with Crippen molar-refractivity contribution < 1.29 is 13.2 Å². The highest BCUT2D eigenvalue weighted by Crippen LogP contribution is 2.19. The molecule has 0 unspecified atom stereocenters. The van der Waals surface area contributed by atoms with E-state index in [2.05, 4.69) is 33.9 Å². The van der Waals surface area contributed by atoms with Crippen molar-refractivity contribution in [3.63, 3.8) is 0 Å². The van der Waals surface area contributed by atoms with Crippen molar-refractivity contribution in [1.82, 2.24) is 9.62 Å². The summed E-state index contributed by atoms with van der Waals surface area (Å²) in [6.07, 6.45) is 0.705. The standard InChI is InChI=1S/C15H24N2O3S/c1-3-16-21(18,19)15-8-9-17(11-15)10-13-4-6-14(7-5-13)12-20-2/h4-7,15-16H,3,8-12H2,1-2H3/t15-/m0/s1. The fourth-order valence-corrected chi connectivity index (χ4v) is 4.14. The number of sulfonamides is 1. The molecular weight excluding hydrogens is 288 g/mol. The fraction of sp³-hybridized carbons (Fsp3) is 0.600. The molecule has 118 valence electrons. The zero-order chi connectivity index (χ0) is 15.3. The van der Waals surface area contributed by atoms with Crippen LogP contribution >= 0.6 is 0 Å². The first-order chi connectivity index (χ1) is 10.0. The van der Waals surface area contributed by atoms with Gasteiger partial charge in [0.1, 0.15) is 0 Å². The average Bonchev–Trinajstić information content (AvgIpc) is 2.91. The first-order valence-corrected chi connectivity index (χ1v) is 8.87. The Bertz CT molecular complexity index is 543. The van der Waals surface area contributed by atoms with E-state index in [-0.39, 0.29) is 5.25 Å². The number of methoxy groups -OCH3 is 1. The van der Waals surface area contributed by atoms with Gasteiger partial charge >= 0.3 is 0 Å². The van der Waals surface area contributed by atoms with Gasteiger partial charge in [0, 0.05) is 26.7 Å². The molecule has 1 aliphatic rings. The van der Waals surface area contributed by atoms with Crippen LogP contribution in [0.15, 0.2) is 24.3 Å². The normalized spacial score (nSPS) is 20.0. The number of ether oxygens (including phenoxy) is 1. The highest BCUT2D eigenvalue weighted by molar-refractivity contribution is 7.90. The molecule has 0 amide bonds. The van der Waals surface area contributed by atoms with Crippen molar-refractivity contribution in [3.8, 4) is 0 Å². The molecule has 1 aliphatic heterocycles. The average molecular weight is 312 g/mol. The third-order valence-electron chi connectivity index (χ3n) is 3.75. The zero-order valence-electron chi connectivity index (χ0n) is 12.7. The van der Waals surface area contributed by atoms with E-state index in [0.29, 0.717) is 26.1 Å². The monoisotopic (exact) mass is 312 g/mol. The molecule has 0 saturated carbocycles. The van der Waals surface area contributed by atoms with E-state index in [1.165, 1.54) is 5.56 Å². The van der Waals surface area contributed by atoms with Crippen LogP contribution in [0.5, 0.6) is 0 Å². The summed E-state index contributed by atoms with van der Waals surface area (Å²) in [5, 5.41) is -0.287. The Hall–Kier alpha value is -0.950. The van der Waals surface area contributed by atoms with E-state index in [1.807, 2.05) is 6.92 Å². The van der Waals surface area contributed by atoms with Gasteiger partial charge in [0.25, 0.3) is 0 Å². The molecule has 1 heterocycles. The summed E-state index contributed by atoms with van der Waals surface area (Å²) in [4.78, 5) is 2.20. The van der Waals surface area contributed by atoms with E-state index < -0.39 is 10.0 Å². The lowest BCUT2D eigenvalue weighted by atomic mass is 10.1. The van der Waals surface area contributed by atoms with Crippen molar-refractivity contribution >= 4 is 10.0 Å². The van der Waals surface area contributed by atoms with E-state index in [9.17, 15) is 8.42 Å². The molecule has 5 nitrogen and oxygen atoms in total. The Morgan fingerprint density at radius 3 is 2.57 bits per heavy atom. The van der Waals surface area contributed by atoms with Gasteiger partial charge in [0.2, 0.25) is 10.0 Å². The van der Waals surface area contributed by atoms with Gasteiger partial charge in [0.05, 0.1) is 11.9 Å². The third kappa shape index (κ3) is 4.51. The summed E-state index contributed by atoms with van der Waals surface area (Å²) >= 11 is 0. The minimum atomic E-state index is -3.16. The Morgan fingerprint density at radius 2 is 1.95 bits per heavy atom. The van der Waals surface area contributed by atoms with Gasteiger partial charge in [-0.05, 0) is 24.1 Å². The molecule has 2 rings (SSSR count). The number of benzene rings is 1. The van der Waals surface area contributed by atoms with E-state index in [1.54, 1.807) is 7.11 Å². The molecule has 1 saturated heterocycles. The summed E-state index contributed by atoms with van der Waals surface area (Å²) < 4.78 is 31.7. The molecule has 0 bridgehead atoms. The molecule has 1 aromatic rings. The van der Waals surface area contributed by atoms with Crippen LogP contribution in [0.4, 0.5) is 0 Å². The molecule has 0 aromatic heterocycles. The minimum Gasteiger partial charge on any atom is -0.380 e. The molecule has 1 atom stereocenters. The molecule has 0 radical (unpaired) electrons. The van der Waals surface area contributed by atoms with Gasteiger partial charge in [0.15, 0.2) is 0 Å². The summed E-state index contributed by atoms with van der Waals surface area (Å²) in [6.45, 7) is 5.12. The Kier molecular flexibility index (Phi) is 5.75. The molecule has 0 aliphatic carbocycles. The second-order valence-corrected chi connectivity index (χ2v) is 7.48. The van der Waals surface area contributed by atoms with Crippen LogP contribution in [0.3, 0.4) is 0 Å². The molecule has 1 N–H and O–H groups in total. The van der Waals surface area contributed by atoms with Gasteiger partial charge in [-0.15, -0.1) is 0 Å². The fourth-order valence-electron chi connectivity index (χ4n) is 2.68. The van der Waals surface area contributed by atoms with Crippen molar-refractivity contribution in [2.24, 2.45) is 0 Å². The van der Waals surface area contributed by atoms with Crippen molar-refractivity contribution in [2.75, 3.05) is 26.7 Å². The lowest BCUT2D eigenvalue weighted by molar-refractivity contribution is 0.185. The Labute approximate surface area is 127 Å². The van der Waals surface area contributed by atoms with Crippen molar-refractivity contribution in [3.05, 3.63) is 35.4 Å². The Morgan fingerprint density at radius 1 is 1.29 bits per heavy atom. The number of hydrogen-bond donors (Lipinski definition) is 1. The zero-order valence-corrected chi connectivity index (χ0v) is 13.5.